The summed E-state index contributed by atoms with van der Waals surface area (Å²) in [6, 6.07) is 0. The van der Waals surface area contributed by atoms with Gasteiger partial charge in [-0.05, 0) is 19.3 Å². The summed E-state index contributed by atoms with van der Waals surface area (Å²) in [7, 11) is -3.09. The molecule has 1 aliphatic rings. The summed E-state index contributed by atoms with van der Waals surface area (Å²) in [6.45, 7) is 3.05. The molecule has 1 saturated heterocycles. The van der Waals surface area contributed by atoms with Crippen molar-refractivity contribution in [3.05, 3.63) is 18.6 Å². The van der Waals surface area contributed by atoms with E-state index >= 15 is 0 Å². The Morgan fingerprint density at radius 2 is 2.10 bits per heavy atom. The van der Waals surface area contributed by atoms with Crippen LogP contribution in [0.4, 0.5) is 0 Å². The van der Waals surface area contributed by atoms with E-state index in [0.717, 1.165) is 12.8 Å². The molecule has 0 radical (unpaired) electrons. The molecule has 7 heteroatoms. The van der Waals surface area contributed by atoms with Crippen molar-refractivity contribution in [3.8, 4) is 5.88 Å². The molecular formula is C13H21N3O3S. The second kappa shape index (κ2) is 6.99. The van der Waals surface area contributed by atoms with Crippen LogP contribution in [0.5, 0.6) is 5.88 Å². The Labute approximate surface area is 120 Å². The van der Waals surface area contributed by atoms with E-state index in [0.29, 0.717) is 31.8 Å². The molecule has 0 saturated carbocycles. The minimum absolute atomic E-state index is 0.0179. The first kappa shape index (κ1) is 15.2. The van der Waals surface area contributed by atoms with Crippen LogP contribution in [0.25, 0.3) is 0 Å². The van der Waals surface area contributed by atoms with E-state index in [-0.39, 0.29) is 11.9 Å². The molecule has 2 rings (SSSR count). The Bertz CT molecular complexity index is 499. The number of piperidine rings is 1. The molecule has 0 spiro atoms. The third-order valence-corrected chi connectivity index (χ3v) is 5.33. The fourth-order valence-corrected chi connectivity index (χ4v) is 3.88. The van der Waals surface area contributed by atoms with Gasteiger partial charge in [-0.3, -0.25) is 4.98 Å². The van der Waals surface area contributed by atoms with Gasteiger partial charge in [0.25, 0.3) is 0 Å². The molecule has 112 valence electrons. The smallest absolute Gasteiger partial charge is 0.232 e. The number of unbranched alkanes of at least 4 members (excludes halogenated alkanes) is 1. The molecule has 0 atom stereocenters. The molecule has 0 amide bonds. The maximum absolute atomic E-state index is 12.1. The first-order chi connectivity index (χ1) is 9.62. The number of sulfonamides is 1. The van der Waals surface area contributed by atoms with Crippen LogP contribution in [0.2, 0.25) is 0 Å². The average Bonchev–Trinajstić information content (AvgIpc) is 2.47. The summed E-state index contributed by atoms with van der Waals surface area (Å²) < 4.78 is 31.4. The third-order valence-electron chi connectivity index (χ3n) is 3.38. The van der Waals surface area contributed by atoms with Gasteiger partial charge in [0.15, 0.2) is 0 Å². The predicted molar refractivity (Wildman–Crippen MR) is 75.9 cm³/mol. The normalized spacial score (nSPS) is 18.1. The molecule has 0 bridgehead atoms. The zero-order chi connectivity index (χ0) is 14.4. The first-order valence-corrected chi connectivity index (χ1v) is 8.63. The van der Waals surface area contributed by atoms with E-state index in [9.17, 15) is 8.42 Å². The number of hydrogen-bond acceptors (Lipinski definition) is 5. The second-order valence-corrected chi connectivity index (χ2v) is 7.02. The number of nitrogens with zero attached hydrogens (tertiary/aromatic N) is 3. The van der Waals surface area contributed by atoms with Crippen LogP contribution in [-0.4, -0.2) is 47.6 Å². The maximum Gasteiger partial charge on any atom is 0.232 e. The summed E-state index contributed by atoms with van der Waals surface area (Å²) in [4.78, 5) is 8.01. The third kappa shape index (κ3) is 4.14. The monoisotopic (exact) mass is 299 g/mol. The Morgan fingerprint density at radius 3 is 2.70 bits per heavy atom. The van der Waals surface area contributed by atoms with Crippen LogP contribution in [0.1, 0.15) is 32.6 Å². The number of rotatable bonds is 6. The minimum Gasteiger partial charge on any atom is -0.473 e. The molecule has 1 aliphatic heterocycles. The van der Waals surface area contributed by atoms with Gasteiger partial charge >= 0.3 is 0 Å². The van der Waals surface area contributed by atoms with Gasteiger partial charge in [-0.15, -0.1) is 0 Å². The lowest BCUT2D eigenvalue weighted by atomic mass is 10.1. The molecule has 0 unspecified atom stereocenters. The Balaban J connectivity index is 1.83. The maximum atomic E-state index is 12.1. The molecule has 20 heavy (non-hydrogen) atoms. The molecule has 0 aliphatic carbocycles. The van der Waals surface area contributed by atoms with Gasteiger partial charge in [0.1, 0.15) is 6.10 Å². The van der Waals surface area contributed by atoms with Crippen LogP contribution < -0.4 is 4.74 Å². The summed E-state index contributed by atoms with van der Waals surface area (Å²) in [5.41, 5.74) is 0. The van der Waals surface area contributed by atoms with E-state index in [1.54, 1.807) is 22.9 Å². The van der Waals surface area contributed by atoms with Gasteiger partial charge in [0, 0.05) is 25.5 Å². The molecule has 1 aromatic heterocycles. The first-order valence-electron chi connectivity index (χ1n) is 7.02. The van der Waals surface area contributed by atoms with Gasteiger partial charge in [-0.2, -0.15) is 0 Å². The fourth-order valence-electron chi connectivity index (χ4n) is 2.20. The Hall–Kier alpha value is -1.21. The lowest BCUT2D eigenvalue weighted by molar-refractivity contribution is 0.129. The summed E-state index contributed by atoms with van der Waals surface area (Å²) in [5, 5.41) is 0. The van der Waals surface area contributed by atoms with E-state index < -0.39 is 10.0 Å². The SMILES string of the molecule is CCCCS(=O)(=O)N1CCC(Oc2cnccn2)CC1. The minimum atomic E-state index is -3.09. The van der Waals surface area contributed by atoms with Crippen molar-refractivity contribution in [1.82, 2.24) is 14.3 Å². The van der Waals surface area contributed by atoms with Gasteiger partial charge in [0.2, 0.25) is 15.9 Å². The van der Waals surface area contributed by atoms with Crippen LogP contribution in [0.3, 0.4) is 0 Å². The standard InChI is InChI=1S/C13H21N3O3S/c1-2-3-10-20(17,18)16-8-4-12(5-9-16)19-13-11-14-6-7-15-13/h6-7,11-12H,2-5,8-10H2,1H3. The largest absolute Gasteiger partial charge is 0.473 e. The number of ether oxygens (including phenoxy) is 1. The van der Waals surface area contributed by atoms with Crippen LogP contribution in [0, 0.1) is 0 Å². The summed E-state index contributed by atoms with van der Waals surface area (Å²) in [6.07, 6.45) is 7.78. The Morgan fingerprint density at radius 1 is 1.35 bits per heavy atom. The molecule has 1 fully saturated rings. The highest BCUT2D eigenvalue weighted by atomic mass is 32.2. The number of hydrogen-bond donors (Lipinski definition) is 0. The van der Waals surface area contributed by atoms with Crippen molar-refractivity contribution < 1.29 is 13.2 Å². The van der Waals surface area contributed by atoms with Crippen LogP contribution >= 0.6 is 0 Å². The molecule has 0 aromatic carbocycles. The molecular weight excluding hydrogens is 278 g/mol. The summed E-state index contributed by atoms with van der Waals surface area (Å²) in [5.74, 6) is 0.749. The zero-order valence-corrected chi connectivity index (χ0v) is 12.6. The molecule has 0 N–H and O–H groups in total. The lowest BCUT2D eigenvalue weighted by Gasteiger charge is -2.31. The topological polar surface area (TPSA) is 72.4 Å². The van der Waals surface area contributed by atoms with Gasteiger partial charge < -0.3 is 4.74 Å². The van der Waals surface area contributed by atoms with E-state index in [1.807, 2.05) is 6.92 Å². The van der Waals surface area contributed by atoms with E-state index in [2.05, 4.69) is 9.97 Å². The second-order valence-electron chi connectivity index (χ2n) is 4.93. The molecule has 2 heterocycles. The van der Waals surface area contributed by atoms with Gasteiger partial charge in [-0.25, -0.2) is 17.7 Å². The lowest BCUT2D eigenvalue weighted by Crippen LogP contribution is -2.42. The highest BCUT2D eigenvalue weighted by Crippen LogP contribution is 2.19. The average molecular weight is 299 g/mol. The van der Waals surface area contributed by atoms with Crippen molar-refractivity contribution in [2.75, 3.05) is 18.8 Å². The Kier molecular flexibility index (Phi) is 5.31. The number of aromatic nitrogens is 2. The molecule has 6 nitrogen and oxygen atoms in total. The van der Waals surface area contributed by atoms with Crippen molar-refractivity contribution >= 4 is 10.0 Å². The fraction of sp³-hybridized carbons (Fsp3) is 0.692. The van der Waals surface area contributed by atoms with Gasteiger partial charge in [-0.1, -0.05) is 13.3 Å². The quantitative estimate of drug-likeness (QED) is 0.795. The van der Waals surface area contributed by atoms with E-state index in [1.165, 1.54) is 0 Å². The highest BCUT2D eigenvalue weighted by Gasteiger charge is 2.28. The van der Waals surface area contributed by atoms with Crippen molar-refractivity contribution in [2.45, 2.75) is 38.7 Å². The predicted octanol–water partition coefficient (Wildman–Crippen LogP) is 1.45. The van der Waals surface area contributed by atoms with Crippen molar-refractivity contribution in [3.63, 3.8) is 0 Å². The highest BCUT2D eigenvalue weighted by molar-refractivity contribution is 7.89. The van der Waals surface area contributed by atoms with Crippen LogP contribution in [0.15, 0.2) is 18.6 Å². The molecule has 1 aromatic rings. The summed E-state index contributed by atoms with van der Waals surface area (Å²) >= 11 is 0. The zero-order valence-electron chi connectivity index (χ0n) is 11.7. The van der Waals surface area contributed by atoms with Crippen molar-refractivity contribution in [2.24, 2.45) is 0 Å². The van der Waals surface area contributed by atoms with Gasteiger partial charge in [0.05, 0.1) is 11.9 Å². The van der Waals surface area contributed by atoms with Crippen molar-refractivity contribution in [1.29, 1.82) is 0 Å². The van der Waals surface area contributed by atoms with Crippen LogP contribution in [-0.2, 0) is 10.0 Å². The van der Waals surface area contributed by atoms with E-state index in [4.69, 9.17) is 4.74 Å².